The number of hydrogen-bond acceptors (Lipinski definition) is 1. The van der Waals surface area contributed by atoms with Gasteiger partial charge in [-0.25, -0.2) is 0 Å². The highest BCUT2D eigenvalue weighted by molar-refractivity contribution is 8.93. The van der Waals surface area contributed by atoms with Crippen molar-refractivity contribution in [2.75, 3.05) is 6.16 Å². The molecule has 3 heteroatoms. The molecular weight excluding hydrogens is 391 g/mol. The second-order valence-corrected chi connectivity index (χ2v) is 9.10. The molecule has 0 aromatic heterocycles. The Hall–Kier alpha value is -2.02. The highest BCUT2D eigenvalue weighted by Crippen LogP contribution is 2.55. The molecule has 0 fully saturated rings. The van der Waals surface area contributed by atoms with Crippen LogP contribution in [-0.2, 0) is 4.79 Å². The highest BCUT2D eigenvalue weighted by Gasteiger charge is 2.43. The van der Waals surface area contributed by atoms with Crippen LogP contribution in [-0.4, -0.2) is 12.4 Å². The van der Waals surface area contributed by atoms with Crippen molar-refractivity contribution in [1.82, 2.24) is 0 Å². The number of rotatable bonds is 6. The zero-order valence-corrected chi connectivity index (χ0v) is 16.5. The van der Waals surface area contributed by atoms with Gasteiger partial charge in [-0.15, -0.1) is 17.0 Å². The van der Waals surface area contributed by atoms with Gasteiger partial charge in [0, 0.05) is 0 Å². The summed E-state index contributed by atoms with van der Waals surface area (Å²) in [4.78, 5) is 10.8. The lowest BCUT2D eigenvalue weighted by atomic mass is 10.4. The number of allylic oxidation sites excluding steroid dienone is 2. The molecule has 0 amide bonds. The average molecular weight is 412 g/mol. The van der Waals surface area contributed by atoms with Crippen molar-refractivity contribution in [3.8, 4) is 0 Å². The van der Waals surface area contributed by atoms with Crippen molar-refractivity contribution in [1.29, 1.82) is 0 Å². The van der Waals surface area contributed by atoms with Gasteiger partial charge < -0.3 is 0 Å². The molecule has 126 valence electrons. The van der Waals surface area contributed by atoms with Gasteiger partial charge in [-0.3, -0.25) is 4.79 Å². The zero-order valence-electron chi connectivity index (χ0n) is 13.9. The molecule has 0 unspecified atom stereocenters. The average Bonchev–Trinajstić information content (AvgIpc) is 2.68. The van der Waals surface area contributed by atoms with E-state index < -0.39 is 7.26 Å². The molecule has 25 heavy (non-hydrogen) atoms. The van der Waals surface area contributed by atoms with Crippen LogP contribution in [0.3, 0.4) is 0 Å². The molecule has 0 atom stereocenters. The van der Waals surface area contributed by atoms with Crippen molar-refractivity contribution < 1.29 is 4.79 Å². The molecule has 3 aromatic carbocycles. The largest absolute Gasteiger partial charge is 0.299 e. The van der Waals surface area contributed by atoms with E-state index in [9.17, 15) is 4.79 Å². The Kier molecular flexibility index (Phi) is 7.31. The lowest BCUT2D eigenvalue weighted by Crippen LogP contribution is -2.32. The van der Waals surface area contributed by atoms with E-state index in [2.05, 4.69) is 91.0 Å². The first kappa shape index (κ1) is 19.3. The summed E-state index contributed by atoms with van der Waals surface area (Å²) in [6.07, 6.45) is 5.32. The Balaban J connectivity index is 0.00000225. The first-order valence-electron chi connectivity index (χ1n) is 8.03. The zero-order chi connectivity index (χ0) is 16.7. The second-order valence-electron chi connectivity index (χ2n) is 5.56. The van der Waals surface area contributed by atoms with E-state index in [0.717, 1.165) is 12.4 Å². The van der Waals surface area contributed by atoms with Gasteiger partial charge in [0.2, 0.25) is 0 Å². The van der Waals surface area contributed by atoms with Crippen LogP contribution in [0.15, 0.2) is 103 Å². The number of carbonyl (C=O) groups is 1. The third-order valence-electron chi connectivity index (χ3n) is 4.18. The van der Waals surface area contributed by atoms with Gasteiger partial charge >= 0.3 is 0 Å². The molecular formula is C22H21BrOP+. The molecule has 0 bridgehead atoms. The van der Waals surface area contributed by atoms with Crippen LogP contribution in [0, 0.1) is 0 Å². The maximum Gasteiger partial charge on any atom is 0.142 e. The Morgan fingerprint density at radius 2 is 1.00 bits per heavy atom. The molecule has 0 aliphatic carbocycles. The summed E-state index contributed by atoms with van der Waals surface area (Å²) in [6.45, 7) is 0. The molecule has 1 nitrogen and oxygen atoms in total. The van der Waals surface area contributed by atoms with E-state index in [1.807, 2.05) is 6.08 Å². The molecule has 0 radical (unpaired) electrons. The van der Waals surface area contributed by atoms with Gasteiger partial charge in [-0.05, 0) is 48.6 Å². The Morgan fingerprint density at radius 1 is 0.640 bits per heavy atom. The van der Waals surface area contributed by atoms with Crippen LogP contribution in [0.2, 0.25) is 0 Å². The molecule has 0 N–H and O–H groups in total. The summed E-state index contributed by atoms with van der Waals surface area (Å²) < 4.78 is 0. The van der Waals surface area contributed by atoms with E-state index in [1.165, 1.54) is 15.9 Å². The number of hydrogen-bond donors (Lipinski definition) is 0. The quantitative estimate of drug-likeness (QED) is 0.335. The van der Waals surface area contributed by atoms with Gasteiger partial charge in [0.25, 0.3) is 0 Å². The van der Waals surface area contributed by atoms with Crippen molar-refractivity contribution >= 4 is 46.4 Å². The van der Waals surface area contributed by atoms with Crippen molar-refractivity contribution in [3.05, 3.63) is 103 Å². The minimum Gasteiger partial charge on any atom is -0.299 e. The van der Waals surface area contributed by atoms with E-state index in [1.54, 1.807) is 6.08 Å². The lowest BCUT2D eigenvalue weighted by Gasteiger charge is -2.26. The maximum atomic E-state index is 10.8. The van der Waals surface area contributed by atoms with Crippen molar-refractivity contribution in [2.24, 2.45) is 0 Å². The molecule has 0 aliphatic rings. The third kappa shape index (κ3) is 4.15. The first-order chi connectivity index (χ1) is 11.9. The van der Waals surface area contributed by atoms with Crippen LogP contribution in [0.4, 0.5) is 0 Å². The molecule has 0 saturated carbocycles. The van der Waals surface area contributed by atoms with Crippen LogP contribution in [0.1, 0.15) is 0 Å². The number of benzene rings is 3. The van der Waals surface area contributed by atoms with E-state index in [0.29, 0.717) is 0 Å². The maximum absolute atomic E-state index is 10.8. The number of halogens is 1. The highest BCUT2D eigenvalue weighted by atomic mass is 79.9. The fourth-order valence-electron chi connectivity index (χ4n) is 3.09. The summed E-state index contributed by atoms with van der Waals surface area (Å²) in [6, 6.07) is 32.0. The summed E-state index contributed by atoms with van der Waals surface area (Å²) in [7, 11) is -1.83. The normalized spacial score (nSPS) is 11.0. The summed E-state index contributed by atoms with van der Waals surface area (Å²) in [5, 5.41) is 3.99. The standard InChI is InChI=1S/C22H20OP.BrH/c23-18-10-11-19-24(20-12-4-1-5-13-20,21-14-6-2-7-15-21)22-16-8-3-9-17-22;/h1-18H,19H2;1H/q+1;/b11-10+;. The van der Waals surface area contributed by atoms with Gasteiger partial charge in [-0.2, -0.15) is 0 Å². The minimum absolute atomic E-state index is 0. The van der Waals surface area contributed by atoms with E-state index in [4.69, 9.17) is 0 Å². The molecule has 0 saturated heterocycles. The monoisotopic (exact) mass is 411 g/mol. The smallest absolute Gasteiger partial charge is 0.142 e. The third-order valence-corrected chi connectivity index (χ3v) is 8.48. The molecule has 0 spiro atoms. The molecule has 0 heterocycles. The summed E-state index contributed by atoms with van der Waals surface area (Å²) in [5.74, 6) is 0. The summed E-state index contributed by atoms with van der Waals surface area (Å²) in [5.41, 5.74) is 0. The van der Waals surface area contributed by atoms with E-state index in [-0.39, 0.29) is 17.0 Å². The van der Waals surface area contributed by atoms with Gasteiger partial charge in [-0.1, -0.05) is 54.6 Å². The number of carbonyl (C=O) groups excluding carboxylic acids is 1. The fourth-order valence-corrected chi connectivity index (χ4v) is 7.09. The first-order valence-corrected chi connectivity index (χ1v) is 10.0. The minimum atomic E-state index is -1.83. The van der Waals surface area contributed by atoms with Crippen LogP contribution in [0.25, 0.3) is 0 Å². The lowest BCUT2D eigenvalue weighted by molar-refractivity contribution is -0.104. The molecule has 0 aliphatic heterocycles. The van der Waals surface area contributed by atoms with E-state index >= 15 is 0 Å². The summed E-state index contributed by atoms with van der Waals surface area (Å²) >= 11 is 0. The van der Waals surface area contributed by atoms with Crippen molar-refractivity contribution in [3.63, 3.8) is 0 Å². The van der Waals surface area contributed by atoms with Gasteiger partial charge in [0.1, 0.15) is 29.5 Å². The van der Waals surface area contributed by atoms with Gasteiger partial charge in [0.05, 0.1) is 6.16 Å². The van der Waals surface area contributed by atoms with Gasteiger partial charge in [0.15, 0.2) is 0 Å². The molecule has 3 rings (SSSR count). The SMILES string of the molecule is Br.O=C/C=C/C[P+](c1ccccc1)(c1ccccc1)c1ccccc1. The number of aldehydes is 1. The van der Waals surface area contributed by atoms with Crippen LogP contribution >= 0.6 is 24.2 Å². The van der Waals surface area contributed by atoms with Crippen LogP contribution < -0.4 is 15.9 Å². The fraction of sp³-hybridized carbons (Fsp3) is 0.0455. The predicted molar refractivity (Wildman–Crippen MR) is 116 cm³/mol. The van der Waals surface area contributed by atoms with Crippen LogP contribution in [0.5, 0.6) is 0 Å². The topological polar surface area (TPSA) is 17.1 Å². The predicted octanol–water partition coefficient (Wildman–Crippen LogP) is 4.31. The second kappa shape index (κ2) is 9.46. The molecule has 3 aromatic rings. The van der Waals surface area contributed by atoms with Crippen molar-refractivity contribution in [2.45, 2.75) is 0 Å². The Bertz CT molecular complexity index is 705. The Morgan fingerprint density at radius 3 is 1.32 bits per heavy atom. The Labute approximate surface area is 160 Å².